The van der Waals surface area contributed by atoms with E-state index in [-0.39, 0.29) is 0 Å². The lowest BCUT2D eigenvalue weighted by Crippen LogP contribution is -2.06. The van der Waals surface area contributed by atoms with Crippen molar-refractivity contribution in [2.24, 2.45) is 0 Å². The van der Waals surface area contributed by atoms with Crippen LogP contribution in [0.25, 0.3) is 0 Å². The fraction of sp³-hybridized carbons (Fsp3) is 0.455. The first kappa shape index (κ1) is 8.95. The lowest BCUT2D eigenvalue weighted by molar-refractivity contribution is 0.475. The monoisotopic (exact) mass is 195 g/mol. The van der Waals surface area contributed by atoms with E-state index in [0.29, 0.717) is 16.6 Å². The van der Waals surface area contributed by atoms with Gasteiger partial charge in [-0.1, -0.05) is 12.1 Å². The molecule has 0 amide bonds. The van der Waals surface area contributed by atoms with Crippen LogP contribution in [0.4, 0.5) is 0 Å². The van der Waals surface area contributed by atoms with Gasteiger partial charge in [-0.15, -0.1) is 0 Å². The summed E-state index contributed by atoms with van der Waals surface area (Å²) in [6, 6.07) is 7.68. The van der Waals surface area contributed by atoms with Crippen LogP contribution in [0, 0.1) is 0 Å². The third-order valence-corrected chi connectivity index (χ3v) is 4.87. The van der Waals surface area contributed by atoms with Gasteiger partial charge in [0.15, 0.2) is 0 Å². The maximum absolute atomic E-state index is 9.29. The first-order valence-electron chi connectivity index (χ1n) is 4.76. The van der Waals surface area contributed by atoms with Crippen LogP contribution in [0.2, 0.25) is 0 Å². The van der Waals surface area contributed by atoms with Crippen molar-refractivity contribution in [3.05, 3.63) is 29.8 Å². The molecule has 0 spiro atoms. The molecule has 0 saturated carbocycles. The minimum Gasteiger partial charge on any atom is -0.508 e. The summed E-state index contributed by atoms with van der Waals surface area (Å²) in [6.45, 7) is 0. The van der Waals surface area contributed by atoms with Gasteiger partial charge in [-0.2, -0.15) is 0 Å². The topological polar surface area (TPSA) is 20.2 Å². The summed E-state index contributed by atoms with van der Waals surface area (Å²) in [7, 11) is 0.602. The summed E-state index contributed by atoms with van der Waals surface area (Å²) < 4.78 is 0. The molecule has 0 atom stereocenters. The standard InChI is InChI=1S/C11H14OS/c12-11-5-3-4-10(8-11)9-13-6-1-2-7-13/h3-5,8H,1-2,6-7,9H2/p+1. The Bertz CT molecular complexity index is 279. The molecule has 1 fully saturated rings. The molecule has 0 unspecified atom stereocenters. The first-order valence-corrected chi connectivity index (χ1v) is 6.50. The molecule has 0 aromatic heterocycles. The number of benzene rings is 1. The van der Waals surface area contributed by atoms with E-state index in [1.54, 1.807) is 6.07 Å². The highest BCUT2D eigenvalue weighted by atomic mass is 32.2. The first-order chi connectivity index (χ1) is 6.34. The molecule has 1 aliphatic rings. The number of phenols is 1. The lowest BCUT2D eigenvalue weighted by atomic mass is 10.2. The van der Waals surface area contributed by atoms with E-state index < -0.39 is 0 Å². The number of aromatic hydroxyl groups is 1. The minimum atomic E-state index is 0.403. The van der Waals surface area contributed by atoms with E-state index >= 15 is 0 Å². The zero-order valence-corrected chi connectivity index (χ0v) is 8.52. The third-order valence-electron chi connectivity index (χ3n) is 2.40. The molecule has 1 aliphatic heterocycles. The van der Waals surface area contributed by atoms with Crippen molar-refractivity contribution in [2.75, 3.05) is 11.5 Å². The molecule has 0 bridgehead atoms. The van der Waals surface area contributed by atoms with Gasteiger partial charge < -0.3 is 5.11 Å². The van der Waals surface area contributed by atoms with Gasteiger partial charge in [0, 0.05) is 5.56 Å². The van der Waals surface area contributed by atoms with Crippen molar-refractivity contribution in [1.29, 1.82) is 0 Å². The molecule has 1 aromatic rings. The average molecular weight is 195 g/mol. The van der Waals surface area contributed by atoms with Crippen LogP contribution in [0.3, 0.4) is 0 Å². The lowest BCUT2D eigenvalue weighted by Gasteiger charge is -2.01. The van der Waals surface area contributed by atoms with Gasteiger partial charge in [0.25, 0.3) is 0 Å². The highest BCUT2D eigenvalue weighted by molar-refractivity contribution is 7.96. The van der Waals surface area contributed by atoms with Crippen LogP contribution >= 0.6 is 0 Å². The summed E-state index contributed by atoms with van der Waals surface area (Å²) in [5.41, 5.74) is 1.30. The van der Waals surface area contributed by atoms with Gasteiger partial charge in [-0.3, -0.25) is 0 Å². The van der Waals surface area contributed by atoms with E-state index in [9.17, 15) is 5.11 Å². The quantitative estimate of drug-likeness (QED) is 0.718. The fourth-order valence-electron chi connectivity index (χ4n) is 1.74. The van der Waals surface area contributed by atoms with Crippen LogP contribution in [-0.2, 0) is 16.6 Å². The van der Waals surface area contributed by atoms with Gasteiger partial charge >= 0.3 is 0 Å². The maximum atomic E-state index is 9.29. The third kappa shape index (κ3) is 2.41. The van der Waals surface area contributed by atoms with Gasteiger partial charge in [0.2, 0.25) is 0 Å². The molecule has 1 aromatic carbocycles. The Morgan fingerprint density at radius 3 is 2.69 bits per heavy atom. The Hall–Kier alpha value is -0.630. The maximum Gasteiger partial charge on any atom is 0.133 e. The van der Waals surface area contributed by atoms with Crippen LogP contribution in [0.15, 0.2) is 24.3 Å². The van der Waals surface area contributed by atoms with Crippen molar-refractivity contribution < 1.29 is 5.11 Å². The summed E-state index contributed by atoms with van der Waals surface area (Å²) >= 11 is 0. The van der Waals surface area contributed by atoms with E-state index in [1.165, 1.54) is 35.7 Å². The number of hydrogen-bond acceptors (Lipinski definition) is 1. The van der Waals surface area contributed by atoms with Gasteiger partial charge in [-0.25, -0.2) is 0 Å². The second-order valence-corrected chi connectivity index (χ2v) is 5.87. The molecule has 1 N–H and O–H groups in total. The van der Waals surface area contributed by atoms with Crippen LogP contribution in [0.1, 0.15) is 18.4 Å². The molecule has 1 heterocycles. The Labute approximate surface area is 82.1 Å². The van der Waals surface area contributed by atoms with Crippen molar-refractivity contribution in [3.8, 4) is 5.75 Å². The van der Waals surface area contributed by atoms with Crippen molar-refractivity contribution in [2.45, 2.75) is 18.6 Å². The molecular formula is C11H15OS+. The molecule has 1 saturated heterocycles. The second-order valence-electron chi connectivity index (χ2n) is 3.54. The van der Waals surface area contributed by atoms with Crippen LogP contribution in [0.5, 0.6) is 5.75 Å². The van der Waals surface area contributed by atoms with Gasteiger partial charge in [0.1, 0.15) is 23.0 Å². The van der Waals surface area contributed by atoms with E-state index in [4.69, 9.17) is 0 Å². The highest BCUT2D eigenvalue weighted by Gasteiger charge is 2.23. The van der Waals surface area contributed by atoms with Crippen LogP contribution < -0.4 is 0 Å². The van der Waals surface area contributed by atoms with Crippen molar-refractivity contribution in [1.82, 2.24) is 0 Å². The summed E-state index contributed by atoms with van der Waals surface area (Å²) in [6.07, 6.45) is 2.81. The normalized spacial score (nSPS) is 17.8. The summed E-state index contributed by atoms with van der Waals surface area (Å²) in [4.78, 5) is 0. The summed E-state index contributed by atoms with van der Waals surface area (Å²) in [5.74, 6) is 4.37. The molecule has 2 heteroatoms. The average Bonchev–Trinajstić information content (AvgIpc) is 2.57. The predicted octanol–water partition coefficient (Wildman–Crippen LogP) is 2.30. The van der Waals surface area contributed by atoms with Crippen LogP contribution in [-0.4, -0.2) is 16.6 Å². The molecule has 2 rings (SSSR count). The van der Waals surface area contributed by atoms with Gasteiger partial charge in [0.05, 0.1) is 0 Å². The number of rotatable bonds is 2. The molecule has 70 valence electrons. The molecule has 0 radical (unpaired) electrons. The Kier molecular flexibility index (Phi) is 2.79. The summed E-state index contributed by atoms with van der Waals surface area (Å²) in [5, 5.41) is 9.29. The van der Waals surface area contributed by atoms with E-state index in [0.717, 1.165) is 0 Å². The number of phenolic OH excluding ortho intramolecular Hbond substituents is 1. The second kappa shape index (κ2) is 4.05. The largest absolute Gasteiger partial charge is 0.508 e. The van der Waals surface area contributed by atoms with E-state index in [2.05, 4.69) is 6.07 Å². The van der Waals surface area contributed by atoms with Crippen molar-refractivity contribution >= 4 is 10.9 Å². The Balaban J connectivity index is 2.00. The van der Waals surface area contributed by atoms with Gasteiger partial charge in [-0.05, 0) is 35.9 Å². The number of hydrogen-bond donors (Lipinski definition) is 1. The van der Waals surface area contributed by atoms with E-state index in [1.807, 2.05) is 12.1 Å². The SMILES string of the molecule is Oc1cccc(C[S+]2CCCC2)c1. The highest BCUT2D eigenvalue weighted by Crippen LogP contribution is 2.20. The molecule has 13 heavy (non-hydrogen) atoms. The molecule has 1 nitrogen and oxygen atoms in total. The molecule has 0 aliphatic carbocycles. The smallest absolute Gasteiger partial charge is 0.133 e. The molecular weight excluding hydrogens is 180 g/mol. The minimum absolute atomic E-state index is 0.403. The Morgan fingerprint density at radius 2 is 2.00 bits per heavy atom. The fourth-order valence-corrected chi connectivity index (χ4v) is 4.11. The zero-order chi connectivity index (χ0) is 9.10. The zero-order valence-electron chi connectivity index (χ0n) is 7.70. The predicted molar refractivity (Wildman–Crippen MR) is 58.1 cm³/mol. The van der Waals surface area contributed by atoms with Crippen molar-refractivity contribution in [3.63, 3.8) is 0 Å². The Morgan fingerprint density at radius 1 is 1.23 bits per heavy atom.